The lowest BCUT2D eigenvalue weighted by Gasteiger charge is -2.22. The molecule has 1 rings (SSSR count). The molecule has 1 aromatic rings. The summed E-state index contributed by atoms with van der Waals surface area (Å²) < 4.78 is 0. The average Bonchev–Trinajstić information content (AvgIpc) is 2.26. The van der Waals surface area contributed by atoms with Crippen molar-refractivity contribution in [2.75, 3.05) is 26.0 Å². The normalized spacial score (nSPS) is 9.88. The standard InChI is InChI=1S/C11H13ClN2O3/c1-13(2)11(17)14(3)7-4-5-8(10(15)16)9(12)6-7/h4-6H,1-3H3,(H,15,16). The van der Waals surface area contributed by atoms with E-state index in [-0.39, 0.29) is 16.6 Å². The van der Waals surface area contributed by atoms with Gasteiger partial charge in [-0.15, -0.1) is 0 Å². The number of carboxylic acid groups (broad SMARTS) is 1. The van der Waals surface area contributed by atoms with E-state index in [1.165, 1.54) is 28.0 Å². The highest BCUT2D eigenvalue weighted by molar-refractivity contribution is 6.33. The van der Waals surface area contributed by atoms with E-state index in [2.05, 4.69) is 0 Å². The number of carbonyl (C=O) groups excluding carboxylic acids is 1. The third-order valence-electron chi connectivity index (χ3n) is 2.24. The molecule has 0 radical (unpaired) electrons. The summed E-state index contributed by atoms with van der Waals surface area (Å²) in [5, 5.41) is 8.92. The number of benzene rings is 1. The van der Waals surface area contributed by atoms with Crippen LogP contribution in [0, 0.1) is 0 Å². The van der Waals surface area contributed by atoms with Crippen LogP contribution in [0.15, 0.2) is 18.2 Å². The summed E-state index contributed by atoms with van der Waals surface area (Å²) >= 11 is 5.82. The minimum atomic E-state index is -1.09. The first kappa shape index (κ1) is 13.3. The van der Waals surface area contributed by atoms with Crippen molar-refractivity contribution < 1.29 is 14.7 Å². The number of nitrogens with zero attached hydrogens (tertiary/aromatic N) is 2. The zero-order chi connectivity index (χ0) is 13.2. The van der Waals surface area contributed by atoms with Gasteiger partial charge in [0.2, 0.25) is 0 Å². The molecule has 1 N–H and O–H groups in total. The van der Waals surface area contributed by atoms with Gasteiger partial charge in [0, 0.05) is 26.8 Å². The van der Waals surface area contributed by atoms with Crippen LogP contribution in [0.5, 0.6) is 0 Å². The molecule has 0 saturated heterocycles. The fraction of sp³-hybridized carbons (Fsp3) is 0.273. The Morgan fingerprint density at radius 3 is 2.24 bits per heavy atom. The molecule has 0 aliphatic carbocycles. The molecule has 0 aromatic heterocycles. The summed E-state index contributed by atoms with van der Waals surface area (Å²) in [5.41, 5.74) is 0.555. The molecule has 0 atom stereocenters. The van der Waals surface area contributed by atoms with Gasteiger partial charge in [0.1, 0.15) is 0 Å². The quantitative estimate of drug-likeness (QED) is 0.882. The minimum absolute atomic E-state index is 0.0149. The third kappa shape index (κ3) is 2.88. The first-order valence-electron chi connectivity index (χ1n) is 4.82. The molecule has 92 valence electrons. The van der Waals surface area contributed by atoms with E-state index in [1.807, 2.05) is 0 Å². The first-order valence-corrected chi connectivity index (χ1v) is 5.20. The molecule has 17 heavy (non-hydrogen) atoms. The lowest BCUT2D eigenvalue weighted by molar-refractivity contribution is 0.0697. The molecule has 0 bridgehead atoms. The fourth-order valence-corrected chi connectivity index (χ4v) is 1.55. The highest BCUT2D eigenvalue weighted by Crippen LogP contribution is 2.23. The van der Waals surface area contributed by atoms with E-state index in [9.17, 15) is 9.59 Å². The Morgan fingerprint density at radius 2 is 1.82 bits per heavy atom. The number of hydrogen-bond donors (Lipinski definition) is 1. The Bertz CT molecular complexity index is 460. The third-order valence-corrected chi connectivity index (χ3v) is 2.55. The Kier molecular flexibility index (Phi) is 3.96. The van der Waals surface area contributed by atoms with Crippen molar-refractivity contribution >= 4 is 29.3 Å². The molecule has 0 aliphatic heterocycles. The van der Waals surface area contributed by atoms with E-state index in [4.69, 9.17) is 16.7 Å². The van der Waals surface area contributed by atoms with Gasteiger partial charge in [0.15, 0.2) is 0 Å². The van der Waals surface area contributed by atoms with Crippen molar-refractivity contribution in [2.24, 2.45) is 0 Å². The van der Waals surface area contributed by atoms with Gasteiger partial charge in [0.05, 0.1) is 10.6 Å². The predicted molar refractivity (Wildman–Crippen MR) is 65.9 cm³/mol. The zero-order valence-electron chi connectivity index (χ0n) is 9.77. The number of halogens is 1. The first-order chi connectivity index (χ1) is 7.84. The van der Waals surface area contributed by atoms with Gasteiger partial charge in [-0.2, -0.15) is 0 Å². The van der Waals surface area contributed by atoms with Crippen LogP contribution in [0.2, 0.25) is 5.02 Å². The molecule has 5 nitrogen and oxygen atoms in total. The van der Waals surface area contributed by atoms with E-state index in [0.29, 0.717) is 5.69 Å². The SMILES string of the molecule is CN(C)C(=O)N(C)c1ccc(C(=O)O)c(Cl)c1. The number of aromatic carboxylic acids is 1. The minimum Gasteiger partial charge on any atom is -0.478 e. The summed E-state index contributed by atoms with van der Waals surface area (Å²) in [4.78, 5) is 25.2. The van der Waals surface area contributed by atoms with Crippen molar-refractivity contribution in [3.05, 3.63) is 28.8 Å². The van der Waals surface area contributed by atoms with Crippen LogP contribution in [0.1, 0.15) is 10.4 Å². The van der Waals surface area contributed by atoms with Crippen molar-refractivity contribution in [1.82, 2.24) is 4.90 Å². The number of rotatable bonds is 2. The summed E-state index contributed by atoms with van der Waals surface area (Å²) in [6, 6.07) is 4.15. The molecule has 0 saturated carbocycles. The summed E-state index contributed by atoms with van der Waals surface area (Å²) in [6.07, 6.45) is 0. The molecule has 0 fully saturated rings. The van der Waals surface area contributed by atoms with Gasteiger partial charge in [-0.1, -0.05) is 11.6 Å². The fourth-order valence-electron chi connectivity index (χ4n) is 1.30. The topological polar surface area (TPSA) is 60.9 Å². The second kappa shape index (κ2) is 5.05. The Morgan fingerprint density at radius 1 is 1.24 bits per heavy atom. The number of amides is 2. The lowest BCUT2D eigenvalue weighted by atomic mass is 10.2. The monoisotopic (exact) mass is 256 g/mol. The van der Waals surface area contributed by atoms with Crippen LogP contribution >= 0.6 is 11.6 Å². The van der Waals surface area contributed by atoms with Crippen LogP contribution in [0.4, 0.5) is 10.5 Å². The average molecular weight is 257 g/mol. The van der Waals surface area contributed by atoms with Crippen LogP contribution in [0.25, 0.3) is 0 Å². The van der Waals surface area contributed by atoms with E-state index in [0.717, 1.165) is 0 Å². The molecular formula is C11H13ClN2O3. The predicted octanol–water partition coefficient (Wildman–Crippen LogP) is 2.16. The van der Waals surface area contributed by atoms with E-state index < -0.39 is 5.97 Å². The van der Waals surface area contributed by atoms with E-state index >= 15 is 0 Å². The highest BCUT2D eigenvalue weighted by atomic mass is 35.5. The van der Waals surface area contributed by atoms with Crippen LogP contribution in [-0.4, -0.2) is 43.1 Å². The Balaban J connectivity index is 3.05. The van der Waals surface area contributed by atoms with Crippen molar-refractivity contribution in [2.45, 2.75) is 0 Å². The molecule has 0 spiro atoms. The number of urea groups is 1. The largest absolute Gasteiger partial charge is 0.478 e. The summed E-state index contributed by atoms with van der Waals surface area (Å²) in [5.74, 6) is -1.09. The number of hydrogen-bond acceptors (Lipinski definition) is 2. The molecule has 2 amide bonds. The number of anilines is 1. The number of carbonyl (C=O) groups is 2. The maximum absolute atomic E-state index is 11.7. The van der Waals surface area contributed by atoms with Crippen LogP contribution < -0.4 is 4.90 Å². The maximum atomic E-state index is 11.7. The zero-order valence-corrected chi connectivity index (χ0v) is 10.5. The second-order valence-corrected chi connectivity index (χ2v) is 4.11. The molecule has 0 unspecified atom stereocenters. The van der Waals surface area contributed by atoms with Gasteiger partial charge in [-0.05, 0) is 18.2 Å². The maximum Gasteiger partial charge on any atom is 0.337 e. The Labute approximate surface area is 104 Å². The smallest absolute Gasteiger partial charge is 0.337 e. The molecule has 1 aromatic carbocycles. The van der Waals surface area contributed by atoms with Gasteiger partial charge in [0.25, 0.3) is 0 Å². The highest BCUT2D eigenvalue weighted by Gasteiger charge is 2.15. The molecule has 6 heteroatoms. The van der Waals surface area contributed by atoms with Crippen LogP contribution in [-0.2, 0) is 0 Å². The van der Waals surface area contributed by atoms with Crippen molar-refractivity contribution in [3.8, 4) is 0 Å². The van der Waals surface area contributed by atoms with Gasteiger partial charge in [-0.25, -0.2) is 9.59 Å². The molecule has 0 heterocycles. The summed E-state index contributed by atoms with van der Waals surface area (Å²) in [7, 11) is 4.85. The Hall–Kier alpha value is -1.75. The second-order valence-electron chi connectivity index (χ2n) is 3.71. The van der Waals surface area contributed by atoms with Gasteiger partial charge in [-0.3, -0.25) is 4.90 Å². The van der Waals surface area contributed by atoms with Crippen LogP contribution in [0.3, 0.4) is 0 Å². The molecular weight excluding hydrogens is 244 g/mol. The van der Waals surface area contributed by atoms with Crippen molar-refractivity contribution in [1.29, 1.82) is 0 Å². The van der Waals surface area contributed by atoms with Gasteiger partial charge < -0.3 is 10.0 Å². The number of carboxylic acids is 1. The van der Waals surface area contributed by atoms with Gasteiger partial charge >= 0.3 is 12.0 Å². The summed E-state index contributed by atoms with van der Waals surface area (Å²) in [6.45, 7) is 0. The molecule has 0 aliphatic rings. The van der Waals surface area contributed by atoms with Crippen molar-refractivity contribution in [3.63, 3.8) is 0 Å². The lowest BCUT2D eigenvalue weighted by Crippen LogP contribution is -2.36. The van der Waals surface area contributed by atoms with E-state index in [1.54, 1.807) is 21.1 Å².